The van der Waals surface area contributed by atoms with Gasteiger partial charge in [0.2, 0.25) is 5.91 Å². The highest BCUT2D eigenvalue weighted by Crippen LogP contribution is 2.17. The number of hydrogen-bond donors (Lipinski definition) is 1. The molecule has 0 aliphatic rings. The Morgan fingerprint density at radius 3 is 2.72 bits per heavy atom. The second-order valence-corrected chi connectivity index (χ2v) is 3.98. The van der Waals surface area contributed by atoms with E-state index in [1.807, 2.05) is 0 Å². The Labute approximate surface area is 110 Å². The van der Waals surface area contributed by atoms with Gasteiger partial charge in [-0.1, -0.05) is 17.7 Å². The van der Waals surface area contributed by atoms with E-state index < -0.39 is 12.0 Å². The summed E-state index contributed by atoms with van der Waals surface area (Å²) in [5.41, 5.74) is 0. The number of amides is 1. The average Bonchev–Trinajstić information content (AvgIpc) is 2.33. The summed E-state index contributed by atoms with van der Waals surface area (Å²) in [5, 5.41) is 2.97. The third kappa shape index (κ3) is 4.63. The van der Waals surface area contributed by atoms with Crippen LogP contribution in [0.15, 0.2) is 24.3 Å². The first kappa shape index (κ1) is 14.3. The van der Waals surface area contributed by atoms with Gasteiger partial charge in [0.15, 0.2) is 6.04 Å². The van der Waals surface area contributed by atoms with E-state index in [0.29, 0.717) is 10.8 Å². The predicted molar refractivity (Wildman–Crippen MR) is 66.6 cm³/mol. The summed E-state index contributed by atoms with van der Waals surface area (Å²) in [4.78, 5) is 22.3. The monoisotopic (exact) mass is 271 g/mol. The molecule has 1 aromatic rings. The third-order valence-corrected chi connectivity index (χ3v) is 2.31. The van der Waals surface area contributed by atoms with Crippen LogP contribution in [0.4, 0.5) is 0 Å². The van der Waals surface area contributed by atoms with Crippen molar-refractivity contribution >= 4 is 23.5 Å². The molecule has 0 aliphatic heterocycles. The minimum Gasteiger partial charge on any atom is -0.491 e. The topological polar surface area (TPSA) is 64.6 Å². The molecule has 0 saturated carbocycles. The van der Waals surface area contributed by atoms with E-state index in [-0.39, 0.29) is 12.5 Å². The molecular formula is C12H14ClNO4. The van der Waals surface area contributed by atoms with Crippen LogP contribution < -0.4 is 10.1 Å². The van der Waals surface area contributed by atoms with Crippen molar-refractivity contribution < 1.29 is 19.1 Å². The first-order valence-corrected chi connectivity index (χ1v) is 5.64. The van der Waals surface area contributed by atoms with Crippen molar-refractivity contribution in [2.45, 2.75) is 13.0 Å². The standard InChI is InChI=1S/C12H14ClNO4/c1-8(15)14-11(12(16)17-2)7-18-10-5-3-4-9(13)6-10/h3-6,11H,7H2,1-2H3,(H,14,15). The fourth-order valence-electron chi connectivity index (χ4n) is 1.29. The van der Waals surface area contributed by atoms with E-state index in [2.05, 4.69) is 10.1 Å². The van der Waals surface area contributed by atoms with Gasteiger partial charge in [-0.25, -0.2) is 4.79 Å². The Bertz CT molecular complexity index is 436. The van der Waals surface area contributed by atoms with E-state index >= 15 is 0 Å². The summed E-state index contributed by atoms with van der Waals surface area (Å²) in [6, 6.07) is 5.91. The van der Waals surface area contributed by atoms with Gasteiger partial charge in [0, 0.05) is 11.9 Å². The van der Waals surface area contributed by atoms with Gasteiger partial charge < -0.3 is 14.8 Å². The molecule has 0 spiro atoms. The minimum atomic E-state index is -0.841. The van der Waals surface area contributed by atoms with Crippen LogP contribution in [0.25, 0.3) is 0 Å². The lowest BCUT2D eigenvalue weighted by molar-refractivity contribution is -0.145. The van der Waals surface area contributed by atoms with Crippen LogP contribution in [0.5, 0.6) is 5.75 Å². The zero-order valence-corrected chi connectivity index (χ0v) is 10.9. The first-order valence-electron chi connectivity index (χ1n) is 5.26. The highest BCUT2D eigenvalue weighted by molar-refractivity contribution is 6.30. The maximum absolute atomic E-state index is 11.4. The number of carbonyl (C=O) groups excluding carboxylic acids is 2. The molecule has 0 fully saturated rings. The molecule has 6 heteroatoms. The summed E-state index contributed by atoms with van der Waals surface area (Å²) in [6.45, 7) is 1.29. The largest absolute Gasteiger partial charge is 0.491 e. The number of benzene rings is 1. The maximum Gasteiger partial charge on any atom is 0.331 e. The number of hydrogen-bond acceptors (Lipinski definition) is 4. The van der Waals surface area contributed by atoms with Crippen molar-refractivity contribution in [3.05, 3.63) is 29.3 Å². The fraction of sp³-hybridized carbons (Fsp3) is 0.333. The number of ether oxygens (including phenoxy) is 2. The van der Waals surface area contributed by atoms with Crippen molar-refractivity contribution in [2.24, 2.45) is 0 Å². The van der Waals surface area contributed by atoms with Gasteiger partial charge in [-0.3, -0.25) is 4.79 Å². The molecule has 1 amide bonds. The number of nitrogens with one attached hydrogen (secondary N) is 1. The number of rotatable bonds is 5. The first-order chi connectivity index (χ1) is 8.52. The molecule has 0 aliphatic carbocycles. The van der Waals surface area contributed by atoms with Crippen LogP contribution >= 0.6 is 11.6 Å². The zero-order valence-electron chi connectivity index (χ0n) is 10.1. The lowest BCUT2D eigenvalue weighted by atomic mass is 10.3. The maximum atomic E-state index is 11.4. The number of halogens is 1. The van der Waals surface area contributed by atoms with E-state index in [0.717, 1.165) is 0 Å². The van der Waals surface area contributed by atoms with Gasteiger partial charge in [-0.15, -0.1) is 0 Å². The molecule has 1 unspecified atom stereocenters. The molecule has 0 radical (unpaired) electrons. The molecule has 1 N–H and O–H groups in total. The normalized spacial score (nSPS) is 11.5. The van der Waals surface area contributed by atoms with Gasteiger partial charge in [0.1, 0.15) is 12.4 Å². The minimum absolute atomic E-state index is 0.0212. The summed E-state index contributed by atoms with van der Waals surface area (Å²) in [5.74, 6) is -0.380. The molecule has 0 heterocycles. The predicted octanol–water partition coefficient (Wildman–Crippen LogP) is 1.40. The van der Waals surface area contributed by atoms with Crippen LogP contribution in [-0.4, -0.2) is 31.6 Å². The van der Waals surface area contributed by atoms with E-state index in [1.54, 1.807) is 24.3 Å². The van der Waals surface area contributed by atoms with Crippen LogP contribution in [-0.2, 0) is 14.3 Å². The molecule has 1 rings (SSSR count). The Morgan fingerprint density at radius 1 is 1.44 bits per heavy atom. The van der Waals surface area contributed by atoms with Crippen LogP contribution in [0.2, 0.25) is 5.02 Å². The molecule has 98 valence electrons. The van der Waals surface area contributed by atoms with Crippen molar-refractivity contribution in [1.29, 1.82) is 0 Å². The van der Waals surface area contributed by atoms with Gasteiger partial charge in [-0.2, -0.15) is 0 Å². The average molecular weight is 272 g/mol. The van der Waals surface area contributed by atoms with E-state index in [9.17, 15) is 9.59 Å². The van der Waals surface area contributed by atoms with Crippen molar-refractivity contribution in [2.75, 3.05) is 13.7 Å². The Morgan fingerprint density at radius 2 is 2.17 bits per heavy atom. The van der Waals surface area contributed by atoms with Crippen molar-refractivity contribution in [3.8, 4) is 5.75 Å². The molecule has 0 bridgehead atoms. The highest BCUT2D eigenvalue weighted by atomic mass is 35.5. The molecule has 5 nitrogen and oxygen atoms in total. The fourth-order valence-corrected chi connectivity index (χ4v) is 1.47. The zero-order chi connectivity index (χ0) is 13.5. The van der Waals surface area contributed by atoms with Crippen molar-refractivity contribution in [3.63, 3.8) is 0 Å². The SMILES string of the molecule is COC(=O)C(COc1cccc(Cl)c1)NC(C)=O. The highest BCUT2D eigenvalue weighted by Gasteiger charge is 2.20. The number of methoxy groups -OCH3 is 1. The summed E-state index contributed by atoms with van der Waals surface area (Å²) in [7, 11) is 1.25. The summed E-state index contributed by atoms with van der Waals surface area (Å²) >= 11 is 5.79. The molecule has 0 aromatic heterocycles. The van der Waals surface area contributed by atoms with Crippen LogP contribution in [0.1, 0.15) is 6.92 Å². The van der Waals surface area contributed by atoms with Crippen molar-refractivity contribution in [1.82, 2.24) is 5.32 Å². The Balaban J connectivity index is 2.61. The molecule has 0 saturated heterocycles. The quantitative estimate of drug-likeness (QED) is 0.822. The smallest absolute Gasteiger partial charge is 0.331 e. The molecule has 18 heavy (non-hydrogen) atoms. The number of esters is 1. The van der Waals surface area contributed by atoms with E-state index in [1.165, 1.54) is 14.0 Å². The summed E-state index contributed by atoms with van der Waals surface area (Å²) in [6.07, 6.45) is 0. The van der Waals surface area contributed by atoms with Gasteiger partial charge in [0.05, 0.1) is 7.11 Å². The number of carbonyl (C=O) groups is 2. The second-order valence-electron chi connectivity index (χ2n) is 3.54. The Hall–Kier alpha value is -1.75. The third-order valence-electron chi connectivity index (χ3n) is 2.08. The van der Waals surface area contributed by atoms with Crippen LogP contribution in [0.3, 0.4) is 0 Å². The van der Waals surface area contributed by atoms with E-state index in [4.69, 9.17) is 16.3 Å². The van der Waals surface area contributed by atoms with Gasteiger partial charge in [-0.05, 0) is 18.2 Å². The molecule has 1 atom stereocenters. The lowest BCUT2D eigenvalue weighted by Gasteiger charge is -2.16. The van der Waals surface area contributed by atoms with Gasteiger partial charge >= 0.3 is 5.97 Å². The molecule has 1 aromatic carbocycles. The summed E-state index contributed by atoms with van der Waals surface area (Å²) < 4.78 is 9.94. The van der Waals surface area contributed by atoms with Gasteiger partial charge in [0.25, 0.3) is 0 Å². The van der Waals surface area contributed by atoms with Crippen LogP contribution in [0, 0.1) is 0 Å². The Kier molecular flexibility index (Phi) is 5.45. The lowest BCUT2D eigenvalue weighted by Crippen LogP contribution is -2.44. The molecular weight excluding hydrogens is 258 g/mol. The second kappa shape index (κ2) is 6.86.